The van der Waals surface area contributed by atoms with Gasteiger partial charge in [0.05, 0.1) is 4.92 Å². The highest BCUT2D eigenvalue weighted by molar-refractivity contribution is 6.32. The van der Waals surface area contributed by atoms with Crippen molar-refractivity contribution in [2.45, 2.75) is 26.3 Å². The van der Waals surface area contributed by atoms with Gasteiger partial charge in [0.15, 0.2) is 0 Å². The topological polar surface area (TPSA) is 114 Å². The van der Waals surface area contributed by atoms with Gasteiger partial charge in [-0.05, 0) is 30.2 Å². The highest BCUT2D eigenvalue weighted by atomic mass is 35.5. The lowest BCUT2D eigenvalue weighted by molar-refractivity contribution is -0.384. The molecule has 0 unspecified atom stereocenters. The summed E-state index contributed by atoms with van der Waals surface area (Å²) in [7, 11) is 0. The van der Waals surface area contributed by atoms with E-state index in [0.29, 0.717) is 13.0 Å². The average molecular weight is 405 g/mol. The molecule has 0 aliphatic heterocycles. The minimum absolute atomic E-state index is 0.0584. The minimum atomic E-state index is -0.786. The molecule has 2 aromatic rings. The molecule has 0 radical (unpaired) electrons. The van der Waals surface area contributed by atoms with Crippen molar-refractivity contribution in [3.63, 3.8) is 0 Å². The number of carbonyl (C=O) groups is 2. The first-order valence-electron chi connectivity index (χ1n) is 8.72. The molecule has 148 valence electrons. The fourth-order valence-electron chi connectivity index (χ4n) is 2.52. The van der Waals surface area contributed by atoms with Crippen molar-refractivity contribution in [2.75, 3.05) is 6.54 Å². The van der Waals surface area contributed by atoms with Crippen LogP contribution in [0.2, 0.25) is 5.02 Å². The zero-order chi connectivity index (χ0) is 20.7. The Balaban J connectivity index is 2.01. The molecule has 28 heavy (non-hydrogen) atoms. The van der Waals surface area contributed by atoms with Crippen molar-refractivity contribution in [3.05, 3.63) is 69.0 Å². The summed E-state index contributed by atoms with van der Waals surface area (Å²) in [5, 5.41) is 16.3. The number of halogens is 1. The van der Waals surface area contributed by atoms with E-state index in [1.54, 1.807) is 20.0 Å². The maximum Gasteiger partial charge on any atom is 0.288 e. The van der Waals surface area contributed by atoms with E-state index >= 15 is 0 Å². The van der Waals surface area contributed by atoms with Crippen molar-refractivity contribution in [2.24, 2.45) is 5.92 Å². The second kappa shape index (κ2) is 9.80. The Bertz CT molecular complexity index is 858. The van der Waals surface area contributed by atoms with Crippen LogP contribution in [0.3, 0.4) is 0 Å². The number of nitrogens with zero attached hydrogens (tertiary/aromatic N) is 2. The predicted octanol–water partition coefficient (Wildman–Crippen LogP) is 2.76. The van der Waals surface area contributed by atoms with Gasteiger partial charge in [-0.3, -0.25) is 24.7 Å². The lowest BCUT2D eigenvalue weighted by Crippen LogP contribution is -2.50. The third kappa shape index (κ3) is 5.75. The molecule has 1 heterocycles. The number of pyridine rings is 1. The molecule has 2 N–H and O–H groups in total. The minimum Gasteiger partial charge on any atom is -0.354 e. The van der Waals surface area contributed by atoms with E-state index in [-0.39, 0.29) is 28.1 Å². The third-order valence-electron chi connectivity index (χ3n) is 4.05. The first-order valence-corrected chi connectivity index (χ1v) is 9.09. The maximum atomic E-state index is 12.5. The second-order valence-corrected chi connectivity index (χ2v) is 6.89. The van der Waals surface area contributed by atoms with E-state index in [0.717, 1.165) is 11.8 Å². The highest BCUT2D eigenvalue weighted by Gasteiger charge is 2.25. The molecule has 1 aromatic heterocycles. The summed E-state index contributed by atoms with van der Waals surface area (Å²) in [5.41, 5.74) is 0.541. The normalized spacial score (nSPS) is 11.7. The molecule has 0 saturated heterocycles. The summed E-state index contributed by atoms with van der Waals surface area (Å²) in [6.45, 7) is 3.97. The molecule has 0 saturated carbocycles. The Morgan fingerprint density at radius 1 is 1.25 bits per heavy atom. The van der Waals surface area contributed by atoms with Crippen LogP contribution in [0.15, 0.2) is 42.6 Å². The number of hydrogen-bond donors (Lipinski definition) is 2. The number of hydrogen-bond acceptors (Lipinski definition) is 5. The van der Waals surface area contributed by atoms with Crippen LogP contribution >= 0.6 is 11.6 Å². The molecule has 2 rings (SSSR count). The largest absolute Gasteiger partial charge is 0.354 e. The summed E-state index contributed by atoms with van der Waals surface area (Å²) < 4.78 is 0. The van der Waals surface area contributed by atoms with Crippen molar-refractivity contribution in [1.29, 1.82) is 0 Å². The van der Waals surface area contributed by atoms with Gasteiger partial charge in [-0.15, -0.1) is 0 Å². The Kier molecular flexibility index (Phi) is 7.45. The Morgan fingerprint density at radius 3 is 2.61 bits per heavy atom. The molecule has 8 nitrogen and oxygen atoms in total. The third-order valence-corrected chi connectivity index (χ3v) is 4.37. The van der Waals surface area contributed by atoms with Gasteiger partial charge in [-0.1, -0.05) is 31.5 Å². The van der Waals surface area contributed by atoms with Crippen LogP contribution in [0.5, 0.6) is 0 Å². The molecule has 1 atom stereocenters. The Labute approximate surface area is 167 Å². The predicted molar refractivity (Wildman–Crippen MR) is 105 cm³/mol. The van der Waals surface area contributed by atoms with Gasteiger partial charge < -0.3 is 10.6 Å². The molecule has 9 heteroatoms. The van der Waals surface area contributed by atoms with Crippen LogP contribution in [-0.2, 0) is 11.2 Å². The smallest absolute Gasteiger partial charge is 0.288 e. The van der Waals surface area contributed by atoms with Crippen LogP contribution in [0, 0.1) is 16.0 Å². The van der Waals surface area contributed by atoms with Gasteiger partial charge in [0.1, 0.15) is 11.1 Å². The van der Waals surface area contributed by atoms with Gasteiger partial charge in [0, 0.05) is 36.5 Å². The van der Waals surface area contributed by atoms with Gasteiger partial charge in [0.25, 0.3) is 11.6 Å². The van der Waals surface area contributed by atoms with Gasteiger partial charge in [-0.2, -0.15) is 0 Å². The van der Waals surface area contributed by atoms with Crippen LogP contribution < -0.4 is 10.6 Å². The van der Waals surface area contributed by atoms with Crippen molar-refractivity contribution in [1.82, 2.24) is 15.6 Å². The standard InChI is InChI=1S/C19H21ClN4O4/c1-12(2)17(19(26)22-10-8-14-5-3-4-9-21-14)23-18(25)13-6-7-15(20)16(11-13)24(27)28/h3-7,9,11-12,17H,8,10H2,1-2H3,(H,22,26)(H,23,25)/t17-/m0/s1. The number of nitro benzene ring substituents is 1. The summed E-state index contributed by atoms with van der Waals surface area (Å²) >= 11 is 5.77. The van der Waals surface area contributed by atoms with Crippen LogP contribution in [0.25, 0.3) is 0 Å². The summed E-state index contributed by atoms with van der Waals surface area (Å²) in [5.74, 6) is -1.10. The van der Waals surface area contributed by atoms with Crippen LogP contribution in [-0.4, -0.2) is 34.3 Å². The zero-order valence-corrected chi connectivity index (χ0v) is 16.3. The van der Waals surface area contributed by atoms with Crippen LogP contribution in [0.4, 0.5) is 5.69 Å². The van der Waals surface area contributed by atoms with Crippen molar-refractivity contribution >= 4 is 29.1 Å². The zero-order valence-electron chi connectivity index (χ0n) is 15.5. The molecule has 0 fully saturated rings. The first-order chi connectivity index (χ1) is 13.3. The molecule has 0 bridgehead atoms. The molecule has 2 amide bonds. The number of nitro groups is 1. The maximum absolute atomic E-state index is 12.5. The Hall–Kier alpha value is -3.00. The molecule has 0 aliphatic carbocycles. The number of rotatable bonds is 8. The number of amides is 2. The first kappa shape index (κ1) is 21.3. The average Bonchev–Trinajstić information content (AvgIpc) is 2.66. The number of nitrogens with one attached hydrogen (secondary N) is 2. The molecular weight excluding hydrogens is 384 g/mol. The fourth-order valence-corrected chi connectivity index (χ4v) is 2.71. The number of carbonyl (C=O) groups excluding carboxylic acids is 2. The van der Waals surface area contributed by atoms with Crippen LogP contribution in [0.1, 0.15) is 29.9 Å². The van der Waals surface area contributed by atoms with Gasteiger partial charge in [0.2, 0.25) is 5.91 Å². The summed E-state index contributed by atoms with van der Waals surface area (Å²) in [6.07, 6.45) is 2.24. The van der Waals surface area contributed by atoms with E-state index in [2.05, 4.69) is 15.6 Å². The van der Waals surface area contributed by atoms with E-state index in [9.17, 15) is 19.7 Å². The number of benzene rings is 1. The Morgan fingerprint density at radius 2 is 2.00 bits per heavy atom. The van der Waals surface area contributed by atoms with E-state index in [1.165, 1.54) is 12.1 Å². The monoisotopic (exact) mass is 404 g/mol. The summed E-state index contributed by atoms with van der Waals surface area (Å²) in [6, 6.07) is 8.51. The SMILES string of the molecule is CC(C)[C@H](NC(=O)c1ccc(Cl)c([N+](=O)[O-])c1)C(=O)NCCc1ccccn1. The van der Waals surface area contributed by atoms with Gasteiger partial charge in [-0.25, -0.2) is 0 Å². The van der Waals surface area contributed by atoms with Crippen molar-refractivity contribution < 1.29 is 14.5 Å². The van der Waals surface area contributed by atoms with Gasteiger partial charge >= 0.3 is 0 Å². The lowest BCUT2D eigenvalue weighted by atomic mass is 10.0. The fraction of sp³-hybridized carbons (Fsp3) is 0.316. The van der Waals surface area contributed by atoms with E-state index in [1.807, 2.05) is 18.2 Å². The highest BCUT2D eigenvalue weighted by Crippen LogP contribution is 2.25. The number of aromatic nitrogens is 1. The quantitative estimate of drug-likeness (QED) is 0.518. The summed E-state index contributed by atoms with van der Waals surface area (Å²) in [4.78, 5) is 39.5. The molecular formula is C19H21ClN4O4. The molecule has 1 aromatic carbocycles. The molecule has 0 spiro atoms. The van der Waals surface area contributed by atoms with E-state index in [4.69, 9.17) is 11.6 Å². The second-order valence-electron chi connectivity index (χ2n) is 6.48. The molecule has 0 aliphatic rings. The lowest BCUT2D eigenvalue weighted by Gasteiger charge is -2.21. The van der Waals surface area contributed by atoms with Crippen molar-refractivity contribution in [3.8, 4) is 0 Å². The van der Waals surface area contributed by atoms with E-state index < -0.39 is 16.9 Å².